The lowest BCUT2D eigenvalue weighted by atomic mass is 10.1. The van der Waals surface area contributed by atoms with Crippen molar-refractivity contribution in [2.75, 3.05) is 37.4 Å². The lowest BCUT2D eigenvalue weighted by Gasteiger charge is -2.15. The van der Waals surface area contributed by atoms with Crippen molar-refractivity contribution in [3.8, 4) is 0 Å². The van der Waals surface area contributed by atoms with Crippen molar-refractivity contribution in [2.24, 2.45) is 0 Å². The Morgan fingerprint density at radius 3 is 2.50 bits per heavy atom. The molecule has 2 aromatic rings. The number of amides is 2. The Bertz CT molecular complexity index is 998. The van der Waals surface area contributed by atoms with Gasteiger partial charge in [-0.05, 0) is 37.3 Å². The van der Waals surface area contributed by atoms with Gasteiger partial charge in [0.15, 0.2) is 0 Å². The third-order valence-electron chi connectivity index (χ3n) is 4.66. The molecule has 0 fully saturated rings. The highest BCUT2D eigenvalue weighted by Gasteiger charge is 2.34. The van der Waals surface area contributed by atoms with E-state index in [0.29, 0.717) is 16.9 Å². The second-order valence-electron chi connectivity index (χ2n) is 6.82. The molecule has 8 heteroatoms. The Morgan fingerprint density at radius 2 is 1.83 bits per heavy atom. The first-order valence-electron chi connectivity index (χ1n) is 9.39. The summed E-state index contributed by atoms with van der Waals surface area (Å²) in [5, 5.41) is 14.9. The lowest BCUT2D eigenvalue weighted by molar-refractivity contribution is -0.136. The van der Waals surface area contributed by atoms with Gasteiger partial charge in [-0.25, -0.2) is 4.79 Å². The molecule has 1 aliphatic rings. The van der Waals surface area contributed by atoms with E-state index in [2.05, 4.69) is 10.6 Å². The zero-order valence-corrected chi connectivity index (χ0v) is 16.8. The SMILES string of the molecule is COC(=O)C1=C(Nc2cccc(NC(=O)c3ccc(C)cc3)c2)C(=O)N(CCO)C1. The number of aryl methyl sites for hydroxylation is 1. The Kier molecular flexibility index (Phi) is 6.48. The minimum absolute atomic E-state index is 0.0538. The first-order chi connectivity index (χ1) is 14.4. The Hall–Kier alpha value is -3.65. The number of nitrogens with one attached hydrogen (secondary N) is 2. The maximum absolute atomic E-state index is 12.6. The van der Waals surface area contributed by atoms with Crippen LogP contribution in [-0.4, -0.2) is 54.6 Å². The van der Waals surface area contributed by atoms with E-state index >= 15 is 0 Å². The first kappa shape index (κ1) is 21.1. The molecular weight excluding hydrogens is 386 g/mol. The van der Waals surface area contributed by atoms with Crippen molar-refractivity contribution in [1.82, 2.24) is 4.90 Å². The second-order valence-corrected chi connectivity index (χ2v) is 6.82. The van der Waals surface area contributed by atoms with Crippen LogP contribution in [0.5, 0.6) is 0 Å². The van der Waals surface area contributed by atoms with Gasteiger partial charge in [0.05, 0.1) is 25.8 Å². The minimum Gasteiger partial charge on any atom is -0.466 e. The van der Waals surface area contributed by atoms with E-state index in [9.17, 15) is 14.4 Å². The molecule has 0 saturated heterocycles. The van der Waals surface area contributed by atoms with Crippen molar-refractivity contribution in [1.29, 1.82) is 0 Å². The van der Waals surface area contributed by atoms with E-state index in [1.807, 2.05) is 19.1 Å². The van der Waals surface area contributed by atoms with E-state index < -0.39 is 11.9 Å². The standard InChI is InChI=1S/C22H23N3O5/c1-14-6-8-15(9-7-14)20(27)24-17-5-3-4-16(12-17)23-19-18(22(29)30-2)13-25(10-11-26)21(19)28/h3-9,12,23,26H,10-11,13H2,1-2H3,(H,24,27). The summed E-state index contributed by atoms with van der Waals surface area (Å²) in [6, 6.07) is 14.0. The third-order valence-corrected chi connectivity index (χ3v) is 4.66. The van der Waals surface area contributed by atoms with Gasteiger partial charge in [0, 0.05) is 23.5 Å². The number of hydrogen-bond acceptors (Lipinski definition) is 6. The van der Waals surface area contributed by atoms with Crippen LogP contribution < -0.4 is 10.6 Å². The number of anilines is 2. The summed E-state index contributed by atoms with van der Waals surface area (Å²) in [6.45, 7) is 1.89. The topological polar surface area (TPSA) is 108 Å². The summed E-state index contributed by atoms with van der Waals surface area (Å²) in [7, 11) is 1.24. The number of aliphatic hydroxyl groups excluding tert-OH is 1. The fourth-order valence-electron chi connectivity index (χ4n) is 3.08. The molecule has 0 aliphatic carbocycles. The molecule has 3 rings (SSSR count). The predicted molar refractivity (Wildman–Crippen MR) is 112 cm³/mol. The summed E-state index contributed by atoms with van der Waals surface area (Å²) in [5.41, 5.74) is 2.92. The van der Waals surface area contributed by atoms with Gasteiger partial charge in [-0.3, -0.25) is 9.59 Å². The van der Waals surface area contributed by atoms with Gasteiger partial charge in [0.25, 0.3) is 11.8 Å². The van der Waals surface area contributed by atoms with Crippen LogP contribution >= 0.6 is 0 Å². The summed E-state index contributed by atoms with van der Waals surface area (Å²) >= 11 is 0. The van der Waals surface area contributed by atoms with E-state index in [4.69, 9.17) is 9.84 Å². The van der Waals surface area contributed by atoms with Gasteiger partial charge < -0.3 is 25.4 Å². The van der Waals surface area contributed by atoms with Crippen LogP contribution in [0.4, 0.5) is 11.4 Å². The van der Waals surface area contributed by atoms with Crippen LogP contribution in [-0.2, 0) is 14.3 Å². The molecule has 0 saturated carbocycles. The molecule has 0 bridgehead atoms. The molecule has 2 aromatic carbocycles. The number of carbonyl (C=O) groups excluding carboxylic acids is 3. The number of β-amino-alcohol motifs (C(OH)–C–C–N with tert-alkyl or cyclic N) is 1. The fourth-order valence-corrected chi connectivity index (χ4v) is 3.08. The van der Waals surface area contributed by atoms with Gasteiger partial charge >= 0.3 is 5.97 Å². The van der Waals surface area contributed by atoms with Crippen molar-refractivity contribution in [2.45, 2.75) is 6.92 Å². The number of benzene rings is 2. The minimum atomic E-state index is -0.616. The van der Waals surface area contributed by atoms with E-state index in [1.54, 1.807) is 36.4 Å². The number of methoxy groups -OCH3 is 1. The van der Waals surface area contributed by atoms with Gasteiger partial charge in [-0.1, -0.05) is 23.8 Å². The number of carbonyl (C=O) groups is 3. The number of rotatable bonds is 7. The zero-order chi connectivity index (χ0) is 21.7. The molecule has 0 atom stereocenters. The molecule has 1 heterocycles. The van der Waals surface area contributed by atoms with Crippen LogP contribution in [0.25, 0.3) is 0 Å². The van der Waals surface area contributed by atoms with Crippen LogP contribution in [0.3, 0.4) is 0 Å². The predicted octanol–water partition coefficient (Wildman–Crippen LogP) is 1.92. The van der Waals surface area contributed by atoms with Crippen molar-refractivity contribution in [3.63, 3.8) is 0 Å². The first-order valence-corrected chi connectivity index (χ1v) is 9.39. The van der Waals surface area contributed by atoms with Crippen molar-refractivity contribution < 1.29 is 24.2 Å². The molecule has 1 aliphatic heterocycles. The van der Waals surface area contributed by atoms with Gasteiger partial charge in [-0.15, -0.1) is 0 Å². The number of hydrogen-bond donors (Lipinski definition) is 3. The second kappa shape index (κ2) is 9.23. The lowest BCUT2D eigenvalue weighted by Crippen LogP contribution is -2.31. The average molecular weight is 409 g/mol. The largest absolute Gasteiger partial charge is 0.466 e. The molecule has 0 spiro atoms. The highest BCUT2D eigenvalue weighted by atomic mass is 16.5. The maximum Gasteiger partial charge on any atom is 0.337 e. The molecule has 2 amide bonds. The summed E-state index contributed by atoms with van der Waals surface area (Å²) < 4.78 is 4.78. The molecule has 8 nitrogen and oxygen atoms in total. The van der Waals surface area contributed by atoms with Crippen LogP contribution in [0, 0.1) is 6.92 Å². The third kappa shape index (κ3) is 4.66. The highest BCUT2D eigenvalue weighted by Crippen LogP contribution is 2.24. The van der Waals surface area contributed by atoms with Gasteiger partial charge in [0.2, 0.25) is 0 Å². The number of ether oxygens (including phenoxy) is 1. The molecule has 0 unspecified atom stereocenters. The Morgan fingerprint density at radius 1 is 1.13 bits per heavy atom. The molecule has 3 N–H and O–H groups in total. The number of nitrogens with zero attached hydrogens (tertiary/aromatic N) is 1. The quantitative estimate of drug-likeness (QED) is 0.603. The monoisotopic (exact) mass is 409 g/mol. The fraction of sp³-hybridized carbons (Fsp3) is 0.227. The average Bonchev–Trinajstić information content (AvgIpc) is 3.04. The molecule has 0 radical (unpaired) electrons. The van der Waals surface area contributed by atoms with E-state index in [-0.39, 0.29) is 36.9 Å². The normalized spacial score (nSPS) is 13.4. The molecule has 0 aromatic heterocycles. The molecular formula is C22H23N3O5. The van der Waals surface area contributed by atoms with Crippen LogP contribution in [0.15, 0.2) is 59.8 Å². The Labute approximate surface area is 174 Å². The van der Waals surface area contributed by atoms with E-state index in [1.165, 1.54) is 12.0 Å². The number of aliphatic hydroxyl groups is 1. The van der Waals surface area contributed by atoms with Crippen LogP contribution in [0.1, 0.15) is 15.9 Å². The summed E-state index contributed by atoms with van der Waals surface area (Å²) in [5.74, 6) is -1.28. The zero-order valence-electron chi connectivity index (χ0n) is 16.8. The van der Waals surface area contributed by atoms with Crippen molar-refractivity contribution >= 4 is 29.2 Å². The van der Waals surface area contributed by atoms with Gasteiger partial charge in [-0.2, -0.15) is 0 Å². The maximum atomic E-state index is 12.6. The van der Waals surface area contributed by atoms with Crippen molar-refractivity contribution in [3.05, 3.63) is 70.9 Å². The number of esters is 1. The smallest absolute Gasteiger partial charge is 0.337 e. The van der Waals surface area contributed by atoms with Crippen LogP contribution in [0.2, 0.25) is 0 Å². The highest BCUT2D eigenvalue weighted by molar-refractivity contribution is 6.09. The Balaban J connectivity index is 1.79. The van der Waals surface area contributed by atoms with Gasteiger partial charge in [0.1, 0.15) is 5.70 Å². The summed E-state index contributed by atoms with van der Waals surface area (Å²) in [6.07, 6.45) is 0. The van der Waals surface area contributed by atoms with E-state index in [0.717, 1.165) is 5.56 Å². The molecule has 30 heavy (non-hydrogen) atoms. The summed E-state index contributed by atoms with van der Waals surface area (Å²) in [4.78, 5) is 38.5. The molecule has 156 valence electrons.